The van der Waals surface area contributed by atoms with Crippen molar-refractivity contribution >= 4 is 5.97 Å². The summed E-state index contributed by atoms with van der Waals surface area (Å²) < 4.78 is 21.9. The Morgan fingerprint density at radius 2 is 1.72 bits per heavy atom. The first-order valence-electron chi connectivity index (χ1n) is 6.30. The molecule has 0 unspecified atom stereocenters. The number of halogens is 1. The zero-order valence-electron chi connectivity index (χ0n) is 10.2. The van der Waals surface area contributed by atoms with Gasteiger partial charge in [-0.15, -0.1) is 0 Å². The normalized spacial score (nSPS) is 16.3. The lowest BCUT2D eigenvalue weighted by molar-refractivity contribution is -0.139. The third-order valence-electron chi connectivity index (χ3n) is 3.20. The molecule has 18 heavy (non-hydrogen) atoms. The molecule has 0 atom stereocenters. The molecule has 0 N–H and O–H groups in total. The minimum atomic E-state index is -0.860. The van der Waals surface area contributed by atoms with Crippen molar-refractivity contribution in [3.8, 4) is 11.5 Å². The zero-order valence-corrected chi connectivity index (χ0v) is 10.2. The third kappa shape index (κ3) is 3.45. The Kier molecular flexibility index (Phi) is 4.56. The molecule has 0 spiro atoms. The fourth-order valence-electron chi connectivity index (χ4n) is 2.20. The van der Waals surface area contributed by atoms with E-state index in [1.165, 1.54) is 6.42 Å². The molecule has 0 radical (unpaired) electrons. The van der Waals surface area contributed by atoms with Crippen molar-refractivity contribution in [3.05, 3.63) is 24.3 Å². The van der Waals surface area contributed by atoms with Crippen LogP contribution in [0, 0.1) is 5.92 Å². The second-order valence-corrected chi connectivity index (χ2v) is 4.48. The standard InChI is InChI=1S/C14H17FO3/c15-10-17-12-6-8-13(9-7-12)18-14(16)11-4-2-1-3-5-11/h6-9,11H,1-5,10H2. The van der Waals surface area contributed by atoms with Gasteiger partial charge in [0.1, 0.15) is 11.5 Å². The lowest BCUT2D eigenvalue weighted by Crippen LogP contribution is -2.22. The van der Waals surface area contributed by atoms with Crippen molar-refractivity contribution < 1.29 is 18.7 Å². The molecule has 0 amide bonds. The average Bonchev–Trinajstić information content (AvgIpc) is 2.42. The van der Waals surface area contributed by atoms with Gasteiger partial charge in [0.25, 0.3) is 0 Å². The number of esters is 1. The SMILES string of the molecule is O=C(Oc1ccc(OCF)cc1)C1CCCCC1. The van der Waals surface area contributed by atoms with E-state index in [-0.39, 0.29) is 11.9 Å². The Morgan fingerprint density at radius 1 is 1.11 bits per heavy atom. The maximum Gasteiger partial charge on any atom is 0.314 e. The van der Waals surface area contributed by atoms with Crippen LogP contribution in [0.4, 0.5) is 4.39 Å². The molecule has 1 aromatic rings. The quantitative estimate of drug-likeness (QED) is 0.608. The summed E-state index contributed by atoms with van der Waals surface area (Å²) in [7, 11) is 0. The first-order chi connectivity index (χ1) is 8.79. The highest BCUT2D eigenvalue weighted by Crippen LogP contribution is 2.26. The molecule has 0 bridgehead atoms. The molecule has 1 fully saturated rings. The zero-order chi connectivity index (χ0) is 12.8. The number of carbonyl (C=O) groups excluding carboxylic acids is 1. The van der Waals surface area contributed by atoms with Gasteiger partial charge < -0.3 is 9.47 Å². The average molecular weight is 252 g/mol. The molecule has 4 heteroatoms. The summed E-state index contributed by atoms with van der Waals surface area (Å²) in [5.41, 5.74) is 0. The second-order valence-electron chi connectivity index (χ2n) is 4.48. The number of hydrogen-bond acceptors (Lipinski definition) is 3. The lowest BCUT2D eigenvalue weighted by Gasteiger charge is -2.19. The van der Waals surface area contributed by atoms with Gasteiger partial charge in [0.05, 0.1) is 5.92 Å². The maximum atomic E-state index is 11.9. The summed E-state index contributed by atoms with van der Waals surface area (Å²) in [6.45, 7) is -0.860. The van der Waals surface area contributed by atoms with Crippen molar-refractivity contribution in [2.45, 2.75) is 32.1 Å². The van der Waals surface area contributed by atoms with E-state index < -0.39 is 6.86 Å². The van der Waals surface area contributed by atoms with Crippen LogP contribution in [0.15, 0.2) is 24.3 Å². The minimum Gasteiger partial charge on any atom is -0.463 e. The van der Waals surface area contributed by atoms with Crippen LogP contribution < -0.4 is 9.47 Å². The third-order valence-corrected chi connectivity index (χ3v) is 3.20. The fraction of sp³-hybridized carbons (Fsp3) is 0.500. The van der Waals surface area contributed by atoms with Gasteiger partial charge >= 0.3 is 5.97 Å². The van der Waals surface area contributed by atoms with Crippen molar-refractivity contribution in [3.63, 3.8) is 0 Å². The number of carbonyl (C=O) groups is 1. The Hall–Kier alpha value is -1.58. The molecule has 3 nitrogen and oxygen atoms in total. The van der Waals surface area contributed by atoms with E-state index in [9.17, 15) is 9.18 Å². The first kappa shape index (κ1) is 12.9. The van der Waals surface area contributed by atoms with E-state index in [0.717, 1.165) is 25.7 Å². The van der Waals surface area contributed by atoms with Crippen LogP contribution in [0.25, 0.3) is 0 Å². The first-order valence-corrected chi connectivity index (χ1v) is 6.30. The molecule has 1 aromatic carbocycles. The Morgan fingerprint density at radius 3 is 2.33 bits per heavy atom. The molecule has 0 heterocycles. The number of benzene rings is 1. The van der Waals surface area contributed by atoms with E-state index >= 15 is 0 Å². The van der Waals surface area contributed by atoms with Gasteiger partial charge in [-0.2, -0.15) is 0 Å². The van der Waals surface area contributed by atoms with Gasteiger partial charge in [-0.25, -0.2) is 4.39 Å². The second kappa shape index (κ2) is 6.38. The summed E-state index contributed by atoms with van der Waals surface area (Å²) in [6.07, 6.45) is 5.24. The highest BCUT2D eigenvalue weighted by molar-refractivity contribution is 5.75. The van der Waals surface area contributed by atoms with E-state index in [2.05, 4.69) is 4.74 Å². The summed E-state index contributed by atoms with van der Waals surface area (Å²) in [6, 6.07) is 6.41. The van der Waals surface area contributed by atoms with Crippen LogP contribution in [-0.2, 0) is 4.79 Å². The predicted molar refractivity (Wildman–Crippen MR) is 65.3 cm³/mol. The lowest BCUT2D eigenvalue weighted by atomic mass is 9.89. The van der Waals surface area contributed by atoms with Gasteiger partial charge in [-0.05, 0) is 37.1 Å². The summed E-state index contributed by atoms with van der Waals surface area (Å²) in [5.74, 6) is 0.779. The fourth-order valence-corrected chi connectivity index (χ4v) is 2.20. The van der Waals surface area contributed by atoms with Crippen LogP contribution in [0.1, 0.15) is 32.1 Å². The van der Waals surface area contributed by atoms with E-state index in [1.54, 1.807) is 24.3 Å². The minimum absolute atomic E-state index is 0.0283. The van der Waals surface area contributed by atoms with Crippen LogP contribution in [0.3, 0.4) is 0 Å². The molecule has 2 rings (SSSR count). The summed E-state index contributed by atoms with van der Waals surface area (Å²) in [5, 5.41) is 0. The Labute approximate surface area is 106 Å². The maximum absolute atomic E-state index is 11.9. The number of rotatable bonds is 4. The summed E-state index contributed by atoms with van der Waals surface area (Å²) in [4.78, 5) is 11.9. The van der Waals surface area contributed by atoms with Crippen LogP contribution in [-0.4, -0.2) is 12.8 Å². The van der Waals surface area contributed by atoms with Gasteiger partial charge in [0.2, 0.25) is 6.86 Å². The monoisotopic (exact) mass is 252 g/mol. The van der Waals surface area contributed by atoms with Crippen molar-refractivity contribution in [1.82, 2.24) is 0 Å². The van der Waals surface area contributed by atoms with Crippen LogP contribution >= 0.6 is 0 Å². The molecule has 1 aliphatic rings. The summed E-state index contributed by atoms with van der Waals surface area (Å²) >= 11 is 0. The van der Waals surface area contributed by atoms with Gasteiger partial charge in [0.15, 0.2) is 0 Å². The molecular weight excluding hydrogens is 235 g/mol. The molecule has 98 valence electrons. The highest BCUT2D eigenvalue weighted by atomic mass is 19.1. The van der Waals surface area contributed by atoms with Gasteiger partial charge in [-0.3, -0.25) is 4.79 Å². The van der Waals surface area contributed by atoms with E-state index in [1.807, 2.05) is 0 Å². The number of ether oxygens (including phenoxy) is 2. The van der Waals surface area contributed by atoms with Crippen LogP contribution in [0.2, 0.25) is 0 Å². The topological polar surface area (TPSA) is 35.5 Å². The smallest absolute Gasteiger partial charge is 0.314 e. The van der Waals surface area contributed by atoms with Crippen LogP contribution in [0.5, 0.6) is 11.5 Å². The van der Waals surface area contributed by atoms with E-state index in [4.69, 9.17) is 4.74 Å². The largest absolute Gasteiger partial charge is 0.463 e. The van der Waals surface area contributed by atoms with Gasteiger partial charge in [-0.1, -0.05) is 19.3 Å². The van der Waals surface area contributed by atoms with E-state index in [0.29, 0.717) is 11.5 Å². The Bertz CT molecular complexity index is 383. The molecule has 0 aliphatic heterocycles. The molecule has 0 aromatic heterocycles. The van der Waals surface area contributed by atoms with Crippen molar-refractivity contribution in [1.29, 1.82) is 0 Å². The number of hydrogen-bond donors (Lipinski definition) is 0. The van der Waals surface area contributed by atoms with Crippen molar-refractivity contribution in [2.24, 2.45) is 5.92 Å². The number of alkyl halides is 1. The van der Waals surface area contributed by atoms with Gasteiger partial charge in [0, 0.05) is 0 Å². The molecular formula is C14H17FO3. The van der Waals surface area contributed by atoms with Crippen molar-refractivity contribution in [2.75, 3.05) is 6.86 Å². The molecule has 1 aliphatic carbocycles. The highest BCUT2D eigenvalue weighted by Gasteiger charge is 2.22. The molecule has 1 saturated carbocycles. The molecule has 0 saturated heterocycles. The predicted octanol–water partition coefficient (Wildman–Crippen LogP) is 3.48. The Balaban J connectivity index is 1.89.